The maximum Gasteiger partial charge on any atom is 0.257 e. The van der Waals surface area contributed by atoms with Gasteiger partial charge in [0.2, 0.25) is 0 Å². The maximum absolute atomic E-state index is 13.1. The second-order valence-corrected chi connectivity index (χ2v) is 7.34. The number of nitrogens with zero attached hydrogens (tertiary/aromatic N) is 1. The number of hydrogen-bond acceptors (Lipinski definition) is 4. The van der Waals surface area contributed by atoms with Gasteiger partial charge in [-0.3, -0.25) is 4.79 Å². The van der Waals surface area contributed by atoms with Gasteiger partial charge < -0.3 is 15.0 Å². The van der Waals surface area contributed by atoms with Crippen LogP contribution in [-0.4, -0.2) is 36.3 Å². The van der Waals surface area contributed by atoms with Crippen LogP contribution in [-0.2, 0) is 4.74 Å². The lowest BCUT2D eigenvalue weighted by Crippen LogP contribution is -2.46. The standard InChI is InChI=1S/C20H22N2O2S/c1-25-16-10-8-14(9-11-16)19-21-18-7-3-2-6-17(18)20(23)22(19)13-15-5-4-12-24-15/h2-3,6-11,15,19,21H,4-5,12-13H2,1H3/t15-,19-/m0/s1. The number of hydrogen-bond donors (Lipinski definition) is 1. The molecule has 130 valence electrons. The molecular weight excluding hydrogens is 332 g/mol. The highest BCUT2D eigenvalue weighted by Crippen LogP contribution is 2.34. The first kappa shape index (κ1) is 16.5. The third kappa shape index (κ3) is 3.26. The molecule has 2 aliphatic rings. The number of amides is 1. The highest BCUT2D eigenvalue weighted by molar-refractivity contribution is 7.98. The van der Waals surface area contributed by atoms with Crippen molar-refractivity contribution >= 4 is 23.4 Å². The molecule has 2 heterocycles. The second kappa shape index (κ2) is 7.10. The van der Waals surface area contributed by atoms with Gasteiger partial charge in [0.1, 0.15) is 6.17 Å². The van der Waals surface area contributed by atoms with Crippen LogP contribution >= 0.6 is 11.8 Å². The summed E-state index contributed by atoms with van der Waals surface area (Å²) in [4.78, 5) is 16.3. The van der Waals surface area contributed by atoms with E-state index in [2.05, 4.69) is 35.8 Å². The zero-order valence-electron chi connectivity index (χ0n) is 14.3. The summed E-state index contributed by atoms with van der Waals surface area (Å²) < 4.78 is 5.79. The molecule has 1 amide bonds. The SMILES string of the molecule is CSc1ccc([C@H]2Nc3ccccc3C(=O)N2C[C@@H]2CCCO2)cc1. The summed E-state index contributed by atoms with van der Waals surface area (Å²) in [5.41, 5.74) is 2.73. The molecule has 2 atom stereocenters. The van der Waals surface area contributed by atoms with Crippen LogP contribution in [0.15, 0.2) is 53.4 Å². The minimum absolute atomic E-state index is 0.0730. The number of nitrogens with one attached hydrogen (secondary N) is 1. The highest BCUT2D eigenvalue weighted by atomic mass is 32.2. The number of benzene rings is 2. The molecule has 0 radical (unpaired) electrons. The van der Waals surface area contributed by atoms with Gasteiger partial charge in [0.25, 0.3) is 5.91 Å². The third-order valence-electron chi connectivity index (χ3n) is 4.88. The molecule has 2 aromatic rings. The molecule has 4 nitrogen and oxygen atoms in total. The van der Waals surface area contributed by atoms with Crippen molar-refractivity contribution in [2.75, 3.05) is 24.7 Å². The molecule has 0 bridgehead atoms. The molecule has 1 N–H and O–H groups in total. The number of para-hydroxylation sites is 1. The zero-order valence-corrected chi connectivity index (χ0v) is 15.1. The number of rotatable bonds is 4. The molecule has 0 saturated carbocycles. The molecule has 0 aromatic heterocycles. The Bertz CT molecular complexity index is 757. The molecule has 1 saturated heterocycles. The summed E-state index contributed by atoms with van der Waals surface area (Å²) in [6.45, 7) is 1.42. The number of fused-ring (bicyclic) bond motifs is 1. The molecule has 0 spiro atoms. The van der Waals surface area contributed by atoms with Crippen LogP contribution in [0.2, 0.25) is 0 Å². The van der Waals surface area contributed by atoms with Crippen LogP contribution in [0, 0.1) is 0 Å². The average molecular weight is 354 g/mol. The predicted octanol–water partition coefficient (Wildman–Crippen LogP) is 4.15. The van der Waals surface area contributed by atoms with Gasteiger partial charge in [-0.05, 0) is 48.9 Å². The lowest BCUT2D eigenvalue weighted by molar-refractivity contribution is 0.0427. The van der Waals surface area contributed by atoms with E-state index >= 15 is 0 Å². The first-order valence-corrected chi connectivity index (χ1v) is 9.91. The summed E-state index contributed by atoms with van der Waals surface area (Å²) in [5.74, 6) is 0.0730. The van der Waals surface area contributed by atoms with Crippen molar-refractivity contribution in [2.45, 2.75) is 30.0 Å². The molecule has 2 aromatic carbocycles. The molecule has 25 heavy (non-hydrogen) atoms. The largest absolute Gasteiger partial charge is 0.376 e. The van der Waals surface area contributed by atoms with Gasteiger partial charge in [0.05, 0.1) is 11.7 Å². The van der Waals surface area contributed by atoms with Crippen molar-refractivity contribution in [2.24, 2.45) is 0 Å². The zero-order chi connectivity index (χ0) is 17.2. The maximum atomic E-state index is 13.1. The van der Waals surface area contributed by atoms with Crippen LogP contribution < -0.4 is 5.32 Å². The fraction of sp³-hybridized carbons (Fsp3) is 0.350. The molecule has 0 aliphatic carbocycles. The predicted molar refractivity (Wildman–Crippen MR) is 101 cm³/mol. The van der Waals surface area contributed by atoms with Gasteiger partial charge in [0, 0.05) is 23.7 Å². The summed E-state index contributed by atoms with van der Waals surface area (Å²) in [6, 6.07) is 16.2. The van der Waals surface area contributed by atoms with Crippen LogP contribution in [0.4, 0.5) is 5.69 Å². The molecule has 5 heteroatoms. The Hall–Kier alpha value is -1.98. The van der Waals surface area contributed by atoms with E-state index in [1.165, 1.54) is 4.90 Å². The fourth-order valence-electron chi connectivity index (χ4n) is 3.54. The van der Waals surface area contributed by atoms with Crippen molar-refractivity contribution in [3.05, 3.63) is 59.7 Å². The minimum Gasteiger partial charge on any atom is -0.376 e. The molecular formula is C20H22N2O2S. The van der Waals surface area contributed by atoms with Gasteiger partial charge in [-0.25, -0.2) is 0 Å². The molecule has 2 aliphatic heterocycles. The normalized spacial score (nSPS) is 22.6. The topological polar surface area (TPSA) is 41.6 Å². The fourth-order valence-corrected chi connectivity index (χ4v) is 3.95. The first-order valence-electron chi connectivity index (χ1n) is 8.68. The number of carbonyl (C=O) groups excluding carboxylic acids is 1. The lowest BCUT2D eigenvalue weighted by atomic mass is 10.0. The number of ether oxygens (including phenoxy) is 1. The van der Waals surface area contributed by atoms with E-state index in [1.54, 1.807) is 11.8 Å². The van der Waals surface area contributed by atoms with Crippen molar-refractivity contribution in [3.63, 3.8) is 0 Å². The monoisotopic (exact) mass is 354 g/mol. The van der Waals surface area contributed by atoms with Crippen molar-refractivity contribution in [1.82, 2.24) is 4.90 Å². The molecule has 1 fully saturated rings. The highest BCUT2D eigenvalue weighted by Gasteiger charge is 2.35. The van der Waals surface area contributed by atoms with E-state index in [1.807, 2.05) is 29.2 Å². The second-order valence-electron chi connectivity index (χ2n) is 6.46. The Morgan fingerprint density at radius 1 is 1.20 bits per heavy atom. The molecule has 4 rings (SSSR count). The van der Waals surface area contributed by atoms with E-state index < -0.39 is 0 Å². The van der Waals surface area contributed by atoms with Crippen molar-refractivity contribution in [3.8, 4) is 0 Å². The van der Waals surface area contributed by atoms with Gasteiger partial charge in [-0.2, -0.15) is 0 Å². The first-order chi connectivity index (χ1) is 12.3. The summed E-state index contributed by atoms with van der Waals surface area (Å²) in [7, 11) is 0. The summed E-state index contributed by atoms with van der Waals surface area (Å²) >= 11 is 1.72. The van der Waals surface area contributed by atoms with Crippen LogP contribution in [0.5, 0.6) is 0 Å². The lowest BCUT2D eigenvalue weighted by Gasteiger charge is -2.39. The van der Waals surface area contributed by atoms with E-state index in [9.17, 15) is 4.79 Å². The minimum atomic E-state index is -0.164. The Labute approximate surface area is 152 Å². The Balaban J connectivity index is 1.68. The molecule has 0 unspecified atom stereocenters. The third-order valence-corrected chi connectivity index (χ3v) is 5.62. The number of thioether (sulfide) groups is 1. The van der Waals surface area contributed by atoms with Gasteiger partial charge in [-0.15, -0.1) is 11.8 Å². The van der Waals surface area contributed by atoms with E-state index in [-0.39, 0.29) is 18.2 Å². The summed E-state index contributed by atoms with van der Waals surface area (Å²) in [5, 5.41) is 3.55. The van der Waals surface area contributed by atoms with Crippen LogP contribution in [0.1, 0.15) is 34.9 Å². The average Bonchev–Trinajstić information content (AvgIpc) is 3.17. The number of carbonyl (C=O) groups is 1. The Kier molecular flexibility index (Phi) is 4.68. The summed E-state index contributed by atoms with van der Waals surface area (Å²) in [6.07, 6.45) is 4.12. The smallest absolute Gasteiger partial charge is 0.257 e. The Morgan fingerprint density at radius 2 is 2.00 bits per heavy atom. The Morgan fingerprint density at radius 3 is 2.72 bits per heavy atom. The van der Waals surface area contributed by atoms with Crippen LogP contribution in [0.25, 0.3) is 0 Å². The van der Waals surface area contributed by atoms with E-state index in [0.717, 1.165) is 36.3 Å². The van der Waals surface area contributed by atoms with Gasteiger partial charge in [-0.1, -0.05) is 24.3 Å². The van der Waals surface area contributed by atoms with Crippen molar-refractivity contribution < 1.29 is 9.53 Å². The quantitative estimate of drug-likeness (QED) is 0.838. The van der Waals surface area contributed by atoms with E-state index in [4.69, 9.17) is 4.74 Å². The number of anilines is 1. The van der Waals surface area contributed by atoms with E-state index in [0.29, 0.717) is 6.54 Å². The van der Waals surface area contributed by atoms with Gasteiger partial charge >= 0.3 is 0 Å². The van der Waals surface area contributed by atoms with Gasteiger partial charge in [0.15, 0.2) is 0 Å². The van der Waals surface area contributed by atoms with Crippen molar-refractivity contribution in [1.29, 1.82) is 0 Å². The van der Waals surface area contributed by atoms with Crippen LogP contribution in [0.3, 0.4) is 0 Å².